The largest absolute Gasteiger partial charge is 0.480 e. The van der Waals surface area contributed by atoms with Gasteiger partial charge in [0.2, 0.25) is 11.8 Å². The van der Waals surface area contributed by atoms with Crippen LogP contribution in [0.25, 0.3) is 0 Å². The van der Waals surface area contributed by atoms with Crippen LogP contribution in [0.5, 0.6) is 0 Å². The summed E-state index contributed by atoms with van der Waals surface area (Å²) in [5.41, 5.74) is 0.0402. The number of carboxylic acids is 1. The molecule has 1 aromatic rings. The number of aliphatic carboxylic acids is 1. The third-order valence-corrected chi connectivity index (χ3v) is 6.95. The van der Waals surface area contributed by atoms with Crippen molar-refractivity contribution in [2.45, 2.75) is 50.6 Å². The van der Waals surface area contributed by atoms with E-state index >= 15 is 0 Å². The lowest BCUT2D eigenvalue weighted by molar-refractivity contribution is -0.144. The Bertz CT molecular complexity index is 757. The number of hydrogen-bond donors (Lipinski definition) is 3. The van der Waals surface area contributed by atoms with E-state index in [9.17, 15) is 19.5 Å². The molecule has 3 rings (SSSR count). The van der Waals surface area contributed by atoms with E-state index < -0.39 is 17.4 Å². The molecule has 2 aliphatic rings. The molecule has 7 nitrogen and oxygen atoms in total. The predicted molar refractivity (Wildman–Crippen MR) is 117 cm³/mol. The molecule has 2 atom stereocenters. The van der Waals surface area contributed by atoms with E-state index in [2.05, 4.69) is 10.6 Å². The van der Waals surface area contributed by atoms with Crippen molar-refractivity contribution < 1.29 is 19.5 Å². The molecule has 2 aliphatic heterocycles. The Morgan fingerprint density at radius 3 is 2.43 bits per heavy atom. The first kappa shape index (κ1) is 22.6. The SMILES string of the molecule is CC(C)C[C@@H](NC(=O)C1(c2ccccc2)CCN(C(=O)[C@@H]2CSCN2)CC1)C(=O)O. The molecule has 1 aromatic carbocycles. The molecule has 2 amide bonds. The molecule has 2 heterocycles. The van der Waals surface area contributed by atoms with Crippen molar-refractivity contribution in [1.29, 1.82) is 0 Å². The normalized spacial score (nSPS) is 22.0. The van der Waals surface area contributed by atoms with Gasteiger partial charge in [0.05, 0.1) is 11.5 Å². The maximum Gasteiger partial charge on any atom is 0.326 e. The van der Waals surface area contributed by atoms with Crippen LogP contribution in [0.2, 0.25) is 0 Å². The quantitative estimate of drug-likeness (QED) is 0.607. The van der Waals surface area contributed by atoms with Gasteiger partial charge in [0.25, 0.3) is 0 Å². The standard InChI is InChI=1S/C22H31N3O4S/c1-15(2)12-17(20(27)28)24-21(29)22(16-6-4-3-5-7-16)8-10-25(11-9-22)19(26)18-13-30-14-23-18/h3-7,15,17-18,23H,8-14H2,1-2H3,(H,24,29)(H,27,28)/t17-,18+/m1/s1. The van der Waals surface area contributed by atoms with Crippen LogP contribution in [0.15, 0.2) is 30.3 Å². The number of nitrogens with zero attached hydrogens (tertiary/aromatic N) is 1. The second-order valence-electron chi connectivity index (χ2n) is 8.54. The van der Waals surface area contributed by atoms with Crippen LogP contribution >= 0.6 is 11.8 Å². The van der Waals surface area contributed by atoms with Gasteiger partial charge in [-0.15, -0.1) is 11.8 Å². The molecule has 0 aromatic heterocycles. The topological polar surface area (TPSA) is 98.7 Å². The van der Waals surface area contributed by atoms with Crippen molar-refractivity contribution in [3.63, 3.8) is 0 Å². The Morgan fingerprint density at radius 1 is 1.23 bits per heavy atom. The van der Waals surface area contributed by atoms with Gasteiger partial charge in [-0.2, -0.15) is 0 Å². The van der Waals surface area contributed by atoms with Crippen molar-refractivity contribution in [2.75, 3.05) is 24.7 Å². The van der Waals surface area contributed by atoms with E-state index in [-0.39, 0.29) is 23.8 Å². The van der Waals surface area contributed by atoms with Gasteiger partial charge in [-0.3, -0.25) is 14.9 Å². The highest BCUT2D eigenvalue weighted by molar-refractivity contribution is 7.99. The molecule has 164 valence electrons. The minimum Gasteiger partial charge on any atom is -0.480 e. The van der Waals surface area contributed by atoms with Gasteiger partial charge < -0.3 is 15.3 Å². The first-order valence-corrected chi connectivity index (χ1v) is 11.7. The molecule has 0 bridgehead atoms. The summed E-state index contributed by atoms with van der Waals surface area (Å²) < 4.78 is 0. The number of amides is 2. The smallest absolute Gasteiger partial charge is 0.326 e. The Morgan fingerprint density at radius 2 is 1.90 bits per heavy atom. The Labute approximate surface area is 182 Å². The molecule has 30 heavy (non-hydrogen) atoms. The summed E-state index contributed by atoms with van der Waals surface area (Å²) in [5, 5.41) is 15.6. The highest BCUT2D eigenvalue weighted by Gasteiger charge is 2.45. The molecule has 0 aliphatic carbocycles. The van der Waals surface area contributed by atoms with Gasteiger partial charge in [-0.1, -0.05) is 44.2 Å². The number of benzene rings is 1. The lowest BCUT2D eigenvalue weighted by Crippen LogP contribution is -2.57. The number of carboxylic acid groups (broad SMARTS) is 1. The fourth-order valence-electron chi connectivity index (χ4n) is 4.28. The molecule has 2 fully saturated rings. The molecule has 0 spiro atoms. The second-order valence-corrected chi connectivity index (χ2v) is 9.57. The van der Waals surface area contributed by atoms with Crippen LogP contribution in [0, 0.1) is 5.92 Å². The van der Waals surface area contributed by atoms with Gasteiger partial charge in [0, 0.05) is 24.7 Å². The summed E-state index contributed by atoms with van der Waals surface area (Å²) in [6, 6.07) is 8.45. The summed E-state index contributed by atoms with van der Waals surface area (Å²) >= 11 is 1.71. The van der Waals surface area contributed by atoms with E-state index in [1.54, 1.807) is 11.8 Å². The number of thioether (sulfide) groups is 1. The maximum atomic E-state index is 13.5. The number of carbonyl (C=O) groups is 3. The first-order chi connectivity index (χ1) is 14.3. The van der Waals surface area contributed by atoms with Crippen LogP contribution in [0.1, 0.15) is 38.7 Å². The molecule has 0 radical (unpaired) electrons. The minimum absolute atomic E-state index is 0.0882. The predicted octanol–water partition coefficient (Wildman–Crippen LogP) is 1.82. The van der Waals surface area contributed by atoms with E-state index in [0.717, 1.165) is 17.2 Å². The number of carbonyl (C=O) groups excluding carboxylic acids is 2. The van der Waals surface area contributed by atoms with Crippen molar-refractivity contribution in [2.24, 2.45) is 5.92 Å². The van der Waals surface area contributed by atoms with Crippen molar-refractivity contribution >= 4 is 29.5 Å². The minimum atomic E-state index is -1.02. The summed E-state index contributed by atoms with van der Waals surface area (Å²) in [4.78, 5) is 39.8. The van der Waals surface area contributed by atoms with Crippen molar-refractivity contribution in [1.82, 2.24) is 15.5 Å². The Hall–Kier alpha value is -2.06. The number of nitrogens with one attached hydrogen (secondary N) is 2. The third-order valence-electron chi connectivity index (χ3n) is 6.01. The lowest BCUT2D eigenvalue weighted by Gasteiger charge is -2.42. The zero-order valence-corrected chi connectivity index (χ0v) is 18.4. The van der Waals surface area contributed by atoms with Crippen LogP contribution in [-0.4, -0.2) is 64.6 Å². The van der Waals surface area contributed by atoms with E-state index in [1.807, 2.05) is 49.1 Å². The third kappa shape index (κ3) is 4.98. The molecule has 3 N–H and O–H groups in total. The number of piperidine rings is 1. The first-order valence-electron chi connectivity index (χ1n) is 10.5. The summed E-state index contributed by atoms with van der Waals surface area (Å²) in [6.45, 7) is 4.83. The van der Waals surface area contributed by atoms with Crippen LogP contribution in [0.3, 0.4) is 0 Å². The molecule has 2 saturated heterocycles. The summed E-state index contributed by atoms with van der Waals surface area (Å²) in [5.74, 6) is 0.518. The molecular formula is C22H31N3O4S. The molecular weight excluding hydrogens is 402 g/mol. The van der Waals surface area contributed by atoms with E-state index in [1.165, 1.54) is 0 Å². The fraction of sp³-hybridized carbons (Fsp3) is 0.591. The zero-order valence-electron chi connectivity index (χ0n) is 17.6. The van der Waals surface area contributed by atoms with Crippen LogP contribution in [-0.2, 0) is 19.8 Å². The average molecular weight is 434 g/mol. The Kier molecular flexibility index (Phi) is 7.41. The van der Waals surface area contributed by atoms with E-state index in [4.69, 9.17) is 0 Å². The fourth-order valence-corrected chi connectivity index (χ4v) is 5.21. The van der Waals surface area contributed by atoms with Crippen molar-refractivity contribution in [3.8, 4) is 0 Å². The van der Waals surface area contributed by atoms with Gasteiger partial charge in [-0.05, 0) is 30.7 Å². The summed E-state index contributed by atoms with van der Waals surface area (Å²) in [7, 11) is 0. The highest BCUT2D eigenvalue weighted by Crippen LogP contribution is 2.36. The molecule has 8 heteroatoms. The average Bonchev–Trinajstić information content (AvgIpc) is 3.28. The maximum absolute atomic E-state index is 13.5. The van der Waals surface area contributed by atoms with E-state index in [0.29, 0.717) is 32.4 Å². The number of likely N-dealkylation sites (tertiary alicyclic amines) is 1. The van der Waals surface area contributed by atoms with Gasteiger partial charge in [0.15, 0.2) is 0 Å². The molecule has 0 unspecified atom stereocenters. The Balaban J connectivity index is 1.79. The van der Waals surface area contributed by atoms with Gasteiger partial charge in [-0.25, -0.2) is 4.79 Å². The molecule has 0 saturated carbocycles. The zero-order chi connectivity index (χ0) is 21.7. The highest BCUT2D eigenvalue weighted by atomic mass is 32.2. The summed E-state index contributed by atoms with van der Waals surface area (Å²) in [6.07, 6.45) is 1.33. The monoisotopic (exact) mass is 433 g/mol. The van der Waals surface area contributed by atoms with Gasteiger partial charge in [0.1, 0.15) is 6.04 Å². The van der Waals surface area contributed by atoms with Gasteiger partial charge >= 0.3 is 5.97 Å². The van der Waals surface area contributed by atoms with Crippen molar-refractivity contribution in [3.05, 3.63) is 35.9 Å². The number of hydrogen-bond acceptors (Lipinski definition) is 5. The van der Waals surface area contributed by atoms with Crippen LogP contribution < -0.4 is 10.6 Å². The number of rotatable bonds is 7. The van der Waals surface area contributed by atoms with Crippen LogP contribution in [0.4, 0.5) is 0 Å². The lowest BCUT2D eigenvalue weighted by atomic mass is 9.71. The second kappa shape index (κ2) is 9.83.